The average molecular weight is 272 g/mol. The minimum Gasteiger partial charge on any atom is -0.480 e. The molecule has 20 heavy (non-hydrogen) atoms. The topological polar surface area (TPSA) is 87.2 Å². The Balaban J connectivity index is 1.79. The minimum atomic E-state index is -0.0536. The third-order valence-electron chi connectivity index (χ3n) is 2.87. The highest BCUT2D eigenvalue weighted by Gasteiger charge is 2.11. The van der Waals surface area contributed by atoms with Crippen molar-refractivity contribution in [2.45, 2.75) is 12.8 Å². The molecule has 0 aliphatic carbocycles. The van der Waals surface area contributed by atoms with Crippen LogP contribution in [0, 0.1) is 0 Å². The van der Waals surface area contributed by atoms with Gasteiger partial charge in [-0.15, -0.1) is 15.3 Å². The van der Waals surface area contributed by atoms with Crippen LogP contribution < -0.4 is 4.74 Å². The molecule has 0 radical (unpaired) electrons. The Bertz CT molecular complexity index is 734. The molecule has 102 valence electrons. The lowest BCUT2D eigenvalue weighted by atomic mass is 10.3. The summed E-state index contributed by atoms with van der Waals surface area (Å²) in [5.74, 6) is 1.04. The van der Waals surface area contributed by atoms with E-state index < -0.39 is 0 Å². The molecule has 0 spiro atoms. The number of aryl methyl sites for hydroxylation is 1. The summed E-state index contributed by atoms with van der Waals surface area (Å²) in [6.45, 7) is 0. The van der Waals surface area contributed by atoms with Crippen molar-refractivity contribution < 1.29 is 9.53 Å². The number of hydrogen-bond donors (Lipinski definition) is 0. The first-order valence-electron chi connectivity index (χ1n) is 6.04. The molecule has 0 bridgehead atoms. The number of fused-ring (bicyclic) bond motifs is 1. The van der Waals surface area contributed by atoms with E-state index >= 15 is 0 Å². The van der Waals surface area contributed by atoms with Gasteiger partial charge in [0.1, 0.15) is 6.33 Å². The molecule has 8 nitrogen and oxygen atoms in total. The number of carbonyl (C=O) groups is 1. The van der Waals surface area contributed by atoms with Crippen LogP contribution in [-0.2, 0) is 6.42 Å². The monoisotopic (exact) mass is 272 g/mol. The maximum Gasteiger partial charge on any atom is 0.232 e. The highest BCUT2D eigenvalue weighted by Crippen LogP contribution is 2.10. The second kappa shape index (κ2) is 5.08. The SMILES string of the molecule is COc1ccc2nnc(CCC(=O)n3ccnc3)n2n1. The van der Waals surface area contributed by atoms with E-state index in [0.717, 1.165) is 0 Å². The van der Waals surface area contributed by atoms with Gasteiger partial charge in [0.15, 0.2) is 11.5 Å². The predicted molar refractivity (Wildman–Crippen MR) is 68.5 cm³/mol. The molecule has 0 atom stereocenters. The number of rotatable bonds is 4. The molecule has 3 heterocycles. The average Bonchev–Trinajstić information content (AvgIpc) is 3.13. The van der Waals surface area contributed by atoms with Gasteiger partial charge in [-0.2, -0.15) is 4.52 Å². The van der Waals surface area contributed by atoms with Crippen molar-refractivity contribution in [3.63, 3.8) is 0 Å². The van der Waals surface area contributed by atoms with E-state index in [1.54, 1.807) is 36.2 Å². The van der Waals surface area contributed by atoms with Crippen LogP contribution in [0.1, 0.15) is 17.0 Å². The van der Waals surface area contributed by atoms with Gasteiger partial charge in [-0.3, -0.25) is 9.36 Å². The summed E-state index contributed by atoms with van der Waals surface area (Å²) in [6, 6.07) is 3.48. The van der Waals surface area contributed by atoms with Crippen LogP contribution in [0.4, 0.5) is 0 Å². The molecule has 3 rings (SSSR count). The highest BCUT2D eigenvalue weighted by atomic mass is 16.5. The first kappa shape index (κ1) is 12.3. The van der Waals surface area contributed by atoms with E-state index in [2.05, 4.69) is 20.3 Å². The zero-order valence-electron chi connectivity index (χ0n) is 10.8. The molecule has 0 aliphatic rings. The Morgan fingerprint density at radius 3 is 3.00 bits per heavy atom. The standard InChI is InChI=1S/C12H12N6O2/c1-20-11-4-2-9-14-15-10(18(9)16-11)3-5-12(19)17-7-6-13-8-17/h2,4,6-8H,3,5H2,1H3. The Morgan fingerprint density at radius 2 is 2.25 bits per heavy atom. The smallest absolute Gasteiger partial charge is 0.232 e. The normalized spacial score (nSPS) is 10.8. The molecule has 0 saturated heterocycles. The summed E-state index contributed by atoms with van der Waals surface area (Å²) < 4.78 is 8.09. The molecule has 0 aliphatic heterocycles. The first-order chi connectivity index (χ1) is 9.78. The summed E-state index contributed by atoms with van der Waals surface area (Å²) in [7, 11) is 1.54. The van der Waals surface area contributed by atoms with Gasteiger partial charge < -0.3 is 4.74 Å². The molecule has 8 heteroatoms. The third-order valence-corrected chi connectivity index (χ3v) is 2.87. The Kier molecular flexibility index (Phi) is 3.12. The van der Waals surface area contributed by atoms with Gasteiger partial charge in [0.25, 0.3) is 0 Å². The van der Waals surface area contributed by atoms with Gasteiger partial charge in [-0.05, 0) is 6.07 Å². The maximum absolute atomic E-state index is 11.9. The second-order valence-corrected chi connectivity index (χ2v) is 4.13. The molecular formula is C12H12N6O2. The zero-order valence-corrected chi connectivity index (χ0v) is 10.8. The van der Waals surface area contributed by atoms with E-state index in [4.69, 9.17) is 4.74 Å². The molecule has 0 saturated carbocycles. The van der Waals surface area contributed by atoms with Crippen LogP contribution in [0.3, 0.4) is 0 Å². The fourth-order valence-electron chi connectivity index (χ4n) is 1.84. The molecular weight excluding hydrogens is 260 g/mol. The van der Waals surface area contributed by atoms with Gasteiger partial charge in [0, 0.05) is 31.3 Å². The van der Waals surface area contributed by atoms with Gasteiger partial charge in [0.05, 0.1) is 7.11 Å². The van der Waals surface area contributed by atoms with Crippen molar-refractivity contribution in [1.82, 2.24) is 29.4 Å². The molecule has 0 fully saturated rings. The minimum absolute atomic E-state index is 0.0536. The van der Waals surface area contributed by atoms with Crippen LogP contribution in [0.15, 0.2) is 30.9 Å². The van der Waals surface area contributed by atoms with E-state index in [1.807, 2.05) is 0 Å². The van der Waals surface area contributed by atoms with Crippen molar-refractivity contribution in [3.05, 3.63) is 36.7 Å². The number of ether oxygens (including phenoxy) is 1. The van der Waals surface area contributed by atoms with Crippen LogP contribution in [-0.4, -0.2) is 42.4 Å². The van der Waals surface area contributed by atoms with Crippen molar-refractivity contribution >= 4 is 11.6 Å². The zero-order chi connectivity index (χ0) is 13.9. The maximum atomic E-state index is 11.9. The molecule has 0 unspecified atom stereocenters. The van der Waals surface area contributed by atoms with Crippen LogP contribution in [0.2, 0.25) is 0 Å². The number of hydrogen-bond acceptors (Lipinski definition) is 6. The van der Waals surface area contributed by atoms with E-state index in [9.17, 15) is 4.79 Å². The Labute approximate surface area is 114 Å². The van der Waals surface area contributed by atoms with Gasteiger partial charge >= 0.3 is 0 Å². The van der Waals surface area contributed by atoms with E-state index in [0.29, 0.717) is 30.2 Å². The predicted octanol–water partition coefficient (Wildman–Crippen LogP) is 0.602. The van der Waals surface area contributed by atoms with E-state index in [1.165, 1.54) is 10.9 Å². The number of carbonyl (C=O) groups excluding carboxylic acids is 1. The van der Waals surface area contributed by atoms with Gasteiger partial charge in [0.2, 0.25) is 11.8 Å². The first-order valence-corrected chi connectivity index (χ1v) is 6.04. The summed E-state index contributed by atoms with van der Waals surface area (Å²) in [5.41, 5.74) is 0.621. The summed E-state index contributed by atoms with van der Waals surface area (Å²) in [4.78, 5) is 15.7. The number of aromatic nitrogens is 6. The lowest BCUT2D eigenvalue weighted by molar-refractivity contribution is 0.0902. The lowest BCUT2D eigenvalue weighted by Crippen LogP contribution is -2.11. The summed E-state index contributed by atoms with van der Waals surface area (Å²) in [6.07, 6.45) is 5.41. The van der Waals surface area contributed by atoms with Crippen molar-refractivity contribution in [3.8, 4) is 5.88 Å². The molecule has 3 aromatic heterocycles. The quantitative estimate of drug-likeness (QED) is 0.691. The molecule has 0 N–H and O–H groups in total. The highest BCUT2D eigenvalue weighted by molar-refractivity contribution is 5.78. The van der Waals surface area contributed by atoms with Crippen LogP contribution in [0.5, 0.6) is 5.88 Å². The van der Waals surface area contributed by atoms with E-state index in [-0.39, 0.29) is 5.91 Å². The van der Waals surface area contributed by atoms with Crippen molar-refractivity contribution in [2.75, 3.05) is 7.11 Å². The third kappa shape index (κ3) is 2.22. The fourth-order valence-corrected chi connectivity index (χ4v) is 1.84. The van der Waals surface area contributed by atoms with Crippen molar-refractivity contribution in [1.29, 1.82) is 0 Å². The summed E-state index contributed by atoms with van der Waals surface area (Å²) in [5, 5.41) is 12.3. The molecule has 3 aromatic rings. The summed E-state index contributed by atoms with van der Waals surface area (Å²) >= 11 is 0. The number of imidazole rings is 1. The van der Waals surface area contributed by atoms with Crippen LogP contribution in [0.25, 0.3) is 5.65 Å². The Hall–Kier alpha value is -2.77. The van der Waals surface area contributed by atoms with Crippen molar-refractivity contribution in [2.24, 2.45) is 0 Å². The lowest BCUT2D eigenvalue weighted by Gasteiger charge is -2.02. The fraction of sp³-hybridized carbons (Fsp3) is 0.250. The number of methoxy groups -OCH3 is 1. The van der Waals surface area contributed by atoms with Crippen LogP contribution >= 0.6 is 0 Å². The van der Waals surface area contributed by atoms with Gasteiger partial charge in [-0.1, -0.05) is 0 Å². The Morgan fingerprint density at radius 1 is 1.35 bits per heavy atom. The van der Waals surface area contributed by atoms with Gasteiger partial charge in [-0.25, -0.2) is 4.98 Å². The molecule has 0 amide bonds. The molecule has 0 aromatic carbocycles. The second-order valence-electron chi connectivity index (χ2n) is 4.13. The largest absolute Gasteiger partial charge is 0.480 e. The number of nitrogens with zero attached hydrogens (tertiary/aromatic N) is 6.